The van der Waals surface area contributed by atoms with Gasteiger partial charge in [0.15, 0.2) is 5.78 Å². The third-order valence-corrected chi connectivity index (χ3v) is 13.0. The average molecular weight is 1080 g/mol. The number of aliphatic hydroxyl groups excluding tert-OH is 1. The molecular formula is C51H61F7IrNO2S-. The Morgan fingerprint density at radius 3 is 1.70 bits per heavy atom. The Hall–Kier alpha value is -3.60. The number of thiophene rings is 1. The number of allylic oxidation sites excluding steroid dienone is 2. The number of benzene rings is 3. The third-order valence-electron chi connectivity index (χ3n) is 11.7. The third kappa shape index (κ3) is 10.9. The summed E-state index contributed by atoms with van der Waals surface area (Å²) in [6.07, 6.45) is -10.7. The summed E-state index contributed by atoms with van der Waals surface area (Å²) in [6.45, 7) is 29.6. The van der Waals surface area contributed by atoms with E-state index in [0.29, 0.717) is 51.3 Å². The molecule has 0 unspecified atom stereocenters. The zero-order valence-electron chi connectivity index (χ0n) is 38.9. The molecule has 2 aromatic heterocycles. The maximum atomic E-state index is 15.7. The summed E-state index contributed by atoms with van der Waals surface area (Å²) in [5.41, 5.74) is -2.75. The number of pyridine rings is 1. The number of nitrogens with zero attached hydrogens (tertiary/aromatic N) is 1. The number of halogens is 7. The van der Waals surface area contributed by atoms with Gasteiger partial charge in [-0.25, -0.2) is 4.39 Å². The molecule has 1 N–H and O–H groups in total. The van der Waals surface area contributed by atoms with E-state index in [9.17, 15) is 36.2 Å². The first-order valence-electron chi connectivity index (χ1n) is 21.1. The van der Waals surface area contributed by atoms with Gasteiger partial charge in [-0.15, -0.1) is 40.5 Å². The van der Waals surface area contributed by atoms with Gasteiger partial charge in [0, 0.05) is 65.0 Å². The average Bonchev–Trinajstić information content (AvgIpc) is 3.44. The van der Waals surface area contributed by atoms with Crippen molar-refractivity contribution in [1.82, 2.24) is 4.98 Å². The molecule has 0 spiro atoms. The van der Waals surface area contributed by atoms with E-state index in [2.05, 4.69) is 66.4 Å². The predicted octanol–water partition coefficient (Wildman–Crippen LogP) is 16.3. The van der Waals surface area contributed by atoms with Crippen molar-refractivity contribution < 1.29 is 60.7 Å². The molecule has 0 saturated carbocycles. The van der Waals surface area contributed by atoms with Crippen LogP contribution in [0.5, 0.6) is 0 Å². The quantitative estimate of drug-likeness (QED) is 0.0656. The minimum atomic E-state index is -6.28. The molecule has 0 aliphatic rings. The van der Waals surface area contributed by atoms with Crippen molar-refractivity contribution in [3.05, 3.63) is 99.9 Å². The largest absolute Gasteiger partial charge is 0.512 e. The van der Waals surface area contributed by atoms with Crippen molar-refractivity contribution in [3.8, 4) is 21.7 Å². The topological polar surface area (TPSA) is 50.2 Å². The second kappa shape index (κ2) is 19.9. The number of carbonyl (C=O) groups excluding carboxylic acids is 1. The van der Waals surface area contributed by atoms with Crippen LogP contribution in [0.15, 0.2) is 60.5 Å². The van der Waals surface area contributed by atoms with Gasteiger partial charge in [0.2, 0.25) is 0 Å². The van der Waals surface area contributed by atoms with Gasteiger partial charge >= 0.3 is 18.0 Å². The first-order valence-corrected chi connectivity index (χ1v) is 21.9. The number of hydrogen-bond donors (Lipinski definition) is 1. The normalized spacial score (nSPS) is 13.2. The second-order valence-corrected chi connectivity index (χ2v) is 20.1. The fourth-order valence-corrected chi connectivity index (χ4v) is 10.7. The van der Waals surface area contributed by atoms with Crippen LogP contribution in [-0.4, -0.2) is 28.2 Å². The zero-order valence-corrected chi connectivity index (χ0v) is 42.1. The maximum Gasteiger partial charge on any atom is 0.436 e. The van der Waals surface area contributed by atoms with E-state index in [4.69, 9.17) is 0 Å². The van der Waals surface area contributed by atoms with Crippen LogP contribution in [0.3, 0.4) is 0 Å². The molecule has 0 saturated heterocycles. The van der Waals surface area contributed by atoms with E-state index >= 15 is 4.39 Å². The molecule has 0 atom stereocenters. The molecule has 12 heteroatoms. The van der Waals surface area contributed by atoms with Gasteiger partial charge in [-0.1, -0.05) is 123 Å². The molecule has 0 fully saturated rings. The van der Waals surface area contributed by atoms with Crippen LogP contribution in [-0.2, 0) is 36.0 Å². The molecule has 1 radical (unpaired) electrons. The SMILES string of the molecule is CC(C)C(C(=O)/C=C(\O)C(C(C)C)C(C)C)C(C)C.Cc1cc(C)c(-c2sc3c(-c4[c-]c5ccccc5c(C(C)(C)C)c4)ncc(C(F)(C(F)(F)F)C(F)(F)F)c3c2C)c(C)c1.[Ir]. The summed E-state index contributed by atoms with van der Waals surface area (Å²) in [5, 5.41) is 11.5. The van der Waals surface area contributed by atoms with Crippen LogP contribution in [0.1, 0.15) is 110 Å². The van der Waals surface area contributed by atoms with E-state index in [1.165, 1.54) is 13.0 Å². The van der Waals surface area contributed by atoms with Gasteiger partial charge < -0.3 is 5.11 Å². The molecule has 5 aromatic rings. The number of carbonyl (C=O) groups is 1. The van der Waals surface area contributed by atoms with E-state index in [1.807, 2.05) is 84.0 Å². The fourth-order valence-electron chi connectivity index (χ4n) is 9.15. The fraction of sp³-hybridized carbons (Fsp3) is 0.490. The predicted molar refractivity (Wildman–Crippen MR) is 241 cm³/mol. The minimum Gasteiger partial charge on any atom is -0.512 e. The van der Waals surface area contributed by atoms with Crippen molar-refractivity contribution in [2.75, 3.05) is 0 Å². The minimum absolute atomic E-state index is 0. The number of hydrogen-bond acceptors (Lipinski definition) is 4. The Morgan fingerprint density at radius 2 is 1.24 bits per heavy atom. The number of aryl methyl sites for hydroxylation is 4. The van der Waals surface area contributed by atoms with Crippen LogP contribution >= 0.6 is 11.3 Å². The van der Waals surface area contributed by atoms with Crippen molar-refractivity contribution >= 4 is 38.0 Å². The van der Waals surface area contributed by atoms with E-state index < -0.39 is 29.0 Å². The molecule has 2 heterocycles. The van der Waals surface area contributed by atoms with Crippen molar-refractivity contribution in [2.45, 2.75) is 127 Å². The van der Waals surface area contributed by atoms with Crippen LogP contribution in [0.25, 0.3) is 42.6 Å². The van der Waals surface area contributed by atoms with Gasteiger partial charge in [0.05, 0.1) is 5.76 Å². The van der Waals surface area contributed by atoms with Crippen molar-refractivity contribution in [2.24, 2.45) is 35.5 Å². The summed E-state index contributed by atoms with van der Waals surface area (Å²) in [5.74, 6) is 1.63. The van der Waals surface area contributed by atoms with Crippen LogP contribution in [0.4, 0.5) is 30.7 Å². The van der Waals surface area contributed by atoms with Gasteiger partial charge in [0.1, 0.15) is 0 Å². The molecule has 3 aromatic carbocycles. The van der Waals surface area contributed by atoms with E-state index in [0.717, 1.165) is 39.0 Å². The van der Waals surface area contributed by atoms with Crippen LogP contribution in [0.2, 0.25) is 0 Å². The molecular weight excluding hydrogens is 1020 g/mol. The monoisotopic (exact) mass is 1080 g/mol. The Balaban J connectivity index is 0.000000448. The zero-order chi connectivity index (χ0) is 47.2. The molecule has 347 valence electrons. The molecule has 0 aliphatic carbocycles. The molecule has 0 bridgehead atoms. The maximum absolute atomic E-state index is 15.7. The second-order valence-electron chi connectivity index (χ2n) is 19.1. The molecule has 63 heavy (non-hydrogen) atoms. The standard InChI is InChI=1S/C34H29F7NS.C17H32O2.Ir/c1-17-12-18(2)26(19(3)13-17)29-20(4)27-25(32(35,33(36,37)38)34(39,40)41)16-42-28(30(27)43-29)22-14-21-10-8-9-11-23(21)24(15-22)31(5,6)7;1-10(2)16(11(3)4)14(18)9-15(19)17(12(5)6)13(7)8;/h8-13,15-16H,1-7H3;9-13,16-18H,1-8H3;/q-1;;/b;14-9-;. The molecule has 0 aliphatic heterocycles. The summed E-state index contributed by atoms with van der Waals surface area (Å²) in [7, 11) is 0. The Labute approximate surface area is 386 Å². The Morgan fingerprint density at radius 1 is 0.746 bits per heavy atom. The van der Waals surface area contributed by atoms with Crippen LogP contribution in [0, 0.1) is 69.3 Å². The summed E-state index contributed by atoms with van der Waals surface area (Å²) in [6, 6.07) is 16.3. The molecule has 0 amide bonds. The number of rotatable bonds is 10. The van der Waals surface area contributed by atoms with Gasteiger partial charge in [-0.3, -0.25) is 9.78 Å². The summed E-state index contributed by atoms with van der Waals surface area (Å²) >= 11 is 1.02. The Bertz CT molecular complexity index is 2400. The van der Waals surface area contributed by atoms with E-state index in [1.54, 1.807) is 0 Å². The van der Waals surface area contributed by atoms with Crippen LogP contribution < -0.4 is 0 Å². The number of aromatic nitrogens is 1. The smallest absolute Gasteiger partial charge is 0.436 e. The summed E-state index contributed by atoms with van der Waals surface area (Å²) in [4.78, 5) is 17.0. The first kappa shape index (κ1) is 53.7. The number of aliphatic hydroxyl groups is 1. The Kier molecular flexibility index (Phi) is 16.9. The number of fused-ring (bicyclic) bond motifs is 2. The van der Waals surface area contributed by atoms with Crippen molar-refractivity contribution in [3.63, 3.8) is 0 Å². The summed E-state index contributed by atoms with van der Waals surface area (Å²) < 4.78 is 100. The van der Waals surface area contributed by atoms with Gasteiger partial charge in [0.25, 0.3) is 0 Å². The van der Waals surface area contributed by atoms with E-state index in [-0.39, 0.29) is 64.9 Å². The molecule has 5 rings (SSSR count). The van der Waals surface area contributed by atoms with Crippen molar-refractivity contribution in [1.29, 1.82) is 0 Å². The number of alkyl halides is 7. The first-order chi connectivity index (χ1) is 28.4. The number of ketones is 1. The van der Waals surface area contributed by atoms with Gasteiger partial charge in [-0.2, -0.15) is 26.3 Å². The molecule has 3 nitrogen and oxygen atoms in total. The van der Waals surface area contributed by atoms with Gasteiger partial charge in [-0.05, 0) is 84.4 Å².